The molecule has 6 nitrogen and oxygen atoms in total. The molecule has 0 saturated heterocycles. The molecule has 0 fully saturated rings. The fourth-order valence-corrected chi connectivity index (χ4v) is 3.26. The van der Waals surface area contributed by atoms with Gasteiger partial charge < -0.3 is 10.0 Å². The zero-order valence-electron chi connectivity index (χ0n) is 14.4. The number of hydrogen-bond acceptors (Lipinski definition) is 5. The Kier molecular flexibility index (Phi) is 5.13. The molecule has 156 valence electrons. The van der Waals surface area contributed by atoms with E-state index in [1.165, 1.54) is 12.1 Å². The lowest BCUT2D eigenvalue weighted by molar-refractivity contribution is -0.249. The van der Waals surface area contributed by atoms with E-state index in [4.69, 9.17) is 5.14 Å². The summed E-state index contributed by atoms with van der Waals surface area (Å²) in [7, 11) is -4.02. The van der Waals surface area contributed by atoms with Crippen molar-refractivity contribution in [3.05, 3.63) is 59.7 Å². The van der Waals surface area contributed by atoms with Crippen molar-refractivity contribution < 1.29 is 35.5 Å². The Bertz CT molecular complexity index is 1040. The van der Waals surface area contributed by atoms with Crippen molar-refractivity contribution >= 4 is 21.5 Å². The third kappa shape index (κ3) is 4.09. The molecule has 0 radical (unpaired) electrons. The van der Waals surface area contributed by atoms with Crippen LogP contribution in [0.3, 0.4) is 0 Å². The highest BCUT2D eigenvalue weighted by Gasteiger charge is 2.58. The first-order valence-corrected chi connectivity index (χ1v) is 9.54. The van der Waals surface area contributed by atoms with Crippen LogP contribution in [0, 0.1) is 0 Å². The van der Waals surface area contributed by atoms with Crippen LogP contribution in [0.15, 0.2) is 58.4 Å². The molecule has 1 atom stereocenters. The monoisotopic (exact) mass is 435 g/mol. The zero-order valence-corrected chi connectivity index (χ0v) is 15.3. The predicted octanol–water partition coefficient (Wildman–Crippen LogP) is 2.79. The lowest BCUT2D eigenvalue weighted by Crippen LogP contribution is -2.47. The van der Waals surface area contributed by atoms with Gasteiger partial charge in [0.2, 0.25) is 10.0 Å². The van der Waals surface area contributed by atoms with Gasteiger partial charge in [-0.25, -0.2) is 27.3 Å². The molecule has 29 heavy (non-hydrogen) atoms. The fraction of sp³-hybridized carbons (Fsp3) is 0.235. The molecule has 12 heteroatoms. The van der Waals surface area contributed by atoms with E-state index in [1.807, 2.05) is 0 Å². The molecule has 1 aliphatic rings. The standard InChI is InChI=1S/C17H14F5N3O3S/c18-14(19)10-1-3-11(4-2-10)15-24-16(26,17(20,21)22)9-25(15)12-5-7-13(8-6-12)29(23,27)28/h1-8,14,26H,9H2,(H2,23,27,28). The van der Waals surface area contributed by atoms with Crippen molar-refractivity contribution in [2.45, 2.75) is 23.2 Å². The summed E-state index contributed by atoms with van der Waals surface area (Å²) in [6.07, 6.45) is -7.86. The number of rotatable bonds is 4. The predicted molar refractivity (Wildman–Crippen MR) is 94.1 cm³/mol. The number of halogens is 5. The molecular weight excluding hydrogens is 421 g/mol. The van der Waals surface area contributed by atoms with Crippen molar-refractivity contribution in [2.75, 3.05) is 11.4 Å². The number of anilines is 1. The summed E-state index contributed by atoms with van der Waals surface area (Å²) < 4.78 is 88.2. The molecule has 3 N–H and O–H groups in total. The highest BCUT2D eigenvalue weighted by Crippen LogP contribution is 2.39. The van der Waals surface area contributed by atoms with Crippen molar-refractivity contribution in [1.82, 2.24) is 0 Å². The molecule has 0 bridgehead atoms. The first-order chi connectivity index (χ1) is 13.3. The number of primary sulfonamides is 1. The van der Waals surface area contributed by atoms with Crippen LogP contribution in [-0.2, 0) is 10.0 Å². The smallest absolute Gasteiger partial charge is 0.361 e. The summed E-state index contributed by atoms with van der Waals surface area (Å²) in [6.45, 7) is -1.00. The van der Waals surface area contributed by atoms with E-state index in [0.717, 1.165) is 41.3 Å². The van der Waals surface area contributed by atoms with Crippen molar-refractivity contribution in [2.24, 2.45) is 10.1 Å². The summed E-state index contributed by atoms with van der Waals surface area (Å²) in [5.41, 5.74) is -3.61. The second-order valence-corrected chi connectivity index (χ2v) is 7.86. The molecule has 0 aliphatic carbocycles. The number of benzene rings is 2. The molecule has 1 aliphatic heterocycles. The second kappa shape index (κ2) is 7.04. The Hall–Kier alpha value is -2.57. The first kappa shape index (κ1) is 21.1. The third-order valence-corrected chi connectivity index (χ3v) is 5.21. The van der Waals surface area contributed by atoms with Crippen LogP contribution >= 0.6 is 0 Å². The van der Waals surface area contributed by atoms with Crippen molar-refractivity contribution in [3.63, 3.8) is 0 Å². The number of aliphatic imine (C=N–C) groups is 1. The maximum atomic E-state index is 13.3. The van der Waals surface area contributed by atoms with Gasteiger partial charge in [0.25, 0.3) is 12.2 Å². The Morgan fingerprint density at radius 3 is 2.07 bits per heavy atom. The minimum Gasteiger partial charge on any atom is -0.361 e. The van der Waals surface area contributed by atoms with E-state index in [-0.39, 0.29) is 27.5 Å². The number of aliphatic hydroxyl groups is 1. The topological polar surface area (TPSA) is 96.0 Å². The largest absolute Gasteiger partial charge is 0.440 e. The van der Waals surface area contributed by atoms with Crippen molar-refractivity contribution in [1.29, 1.82) is 0 Å². The molecule has 2 aromatic rings. The molecule has 0 spiro atoms. The fourth-order valence-electron chi connectivity index (χ4n) is 2.75. The Labute approximate surface area is 162 Å². The van der Waals surface area contributed by atoms with Crippen LogP contribution in [0.5, 0.6) is 0 Å². The van der Waals surface area contributed by atoms with Crippen LogP contribution in [0.2, 0.25) is 0 Å². The Morgan fingerprint density at radius 1 is 1.07 bits per heavy atom. The molecule has 0 aromatic heterocycles. The summed E-state index contributed by atoms with van der Waals surface area (Å²) in [5, 5.41) is 15.0. The summed E-state index contributed by atoms with van der Waals surface area (Å²) in [5.74, 6) is -0.311. The van der Waals surface area contributed by atoms with E-state index in [0.29, 0.717) is 0 Å². The zero-order chi connectivity index (χ0) is 21.6. The van der Waals surface area contributed by atoms with Crippen LogP contribution in [0.4, 0.5) is 27.6 Å². The summed E-state index contributed by atoms with van der Waals surface area (Å²) in [6, 6.07) is 8.98. The molecular formula is C17H14F5N3O3S. The quantitative estimate of drug-likeness (QED) is 0.722. The number of sulfonamides is 1. The van der Waals surface area contributed by atoms with Crippen LogP contribution in [-0.4, -0.2) is 37.8 Å². The highest BCUT2D eigenvalue weighted by molar-refractivity contribution is 7.89. The number of β-amino-alcohol motifs (C(OH)–C–C–N with tert-alkyl or cyclic N) is 1. The van der Waals surface area contributed by atoms with E-state index in [9.17, 15) is 35.5 Å². The first-order valence-electron chi connectivity index (χ1n) is 8.00. The summed E-state index contributed by atoms with van der Waals surface area (Å²) in [4.78, 5) is 4.16. The van der Waals surface area contributed by atoms with Crippen LogP contribution in [0.25, 0.3) is 0 Å². The molecule has 3 rings (SSSR count). The molecule has 0 saturated carbocycles. The molecule has 2 aromatic carbocycles. The number of amidine groups is 1. The maximum absolute atomic E-state index is 13.3. The highest BCUT2D eigenvalue weighted by atomic mass is 32.2. The number of nitrogens with two attached hydrogens (primary N) is 1. The summed E-state index contributed by atoms with van der Waals surface area (Å²) >= 11 is 0. The average molecular weight is 435 g/mol. The van der Waals surface area contributed by atoms with Crippen LogP contribution < -0.4 is 10.0 Å². The minimum absolute atomic E-state index is 0.0603. The van der Waals surface area contributed by atoms with Gasteiger partial charge >= 0.3 is 6.18 Å². The molecule has 1 heterocycles. The van der Waals surface area contributed by atoms with Gasteiger partial charge in [0.1, 0.15) is 5.84 Å². The number of hydrogen-bond donors (Lipinski definition) is 2. The van der Waals surface area contributed by atoms with Gasteiger partial charge in [-0.1, -0.05) is 24.3 Å². The van der Waals surface area contributed by atoms with Crippen molar-refractivity contribution in [3.8, 4) is 0 Å². The SMILES string of the molecule is NS(=O)(=O)c1ccc(N2CC(O)(C(F)(F)F)N=C2c2ccc(C(F)F)cc2)cc1. The van der Waals surface area contributed by atoms with E-state index >= 15 is 0 Å². The second-order valence-electron chi connectivity index (χ2n) is 6.30. The van der Waals surface area contributed by atoms with Gasteiger partial charge in [0.05, 0.1) is 11.4 Å². The van der Waals surface area contributed by atoms with E-state index in [2.05, 4.69) is 4.99 Å². The third-order valence-electron chi connectivity index (χ3n) is 4.28. The maximum Gasteiger partial charge on any atom is 0.440 e. The lowest BCUT2D eigenvalue weighted by Gasteiger charge is -2.25. The van der Waals surface area contributed by atoms with Gasteiger partial charge in [-0.15, -0.1) is 0 Å². The molecule has 0 amide bonds. The lowest BCUT2D eigenvalue weighted by atomic mass is 10.1. The van der Waals surface area contributed by atoms with Gasteiger partial charge in [-0.3, -0.25) is 0 Å². The normalized spacial score (nSPS) is 20.3. The van der Waals surface area contributed by atoms with Gasteiger partial charge in [-0.2, -0.15) is 13.2 Å². The number of alkyl halides is 5. The number of nitrogens with zero attached hydrogens (tertiary/aromatic N) is 2. The average Bonchev–Trinajstić information content (AvgIpc) is 3.00. The van der Waals surface area contributed by atoms with Gasteiger partial charge in [-0.05, 0) is 24.3 Å². The van der Waals surface area contributed by atoms with Crippen LogP contribution in [0.1, 0.15) is 17.6 Å². The molecule has 1 unspecified atom stereocenters. The Morgan fingerprint density at radius 2 is 1.62 bits per heavy atom. The minimum atomic E-state index is -5.10. The van der Waals surface area contributed by atoms with E-state index < -0.39 is 34.9 Å². The van der Waals surface area contributed by atoms with Gasteiger partial charge in [0.15, 0.2) is 0 Å². The Balaban J connectivity index is 2.06. The van der Waals surface area contributed by atoms with Gasteiger partial charge in [0, 0.05) is 16.8 Å². The van der Waals surface area contributed by atoms with E-state index in [1.54, 1.807) is 0 Å².